The maximum Gasteiger partial charge on any atom is 0.328 e. The Balaban J connectivity index is 1.53. The van der Waals surface area contributed by atoms with Crippen molar-refractivity contribution in [3.8, 4) is 11.1 Å². The van der Waals surface area contributed by atoms with Gasteiger partial charge in [-0.1, -0.05) is 91.0 Å². The summed E-state index contributed by atoms with van der Waals surface area (Å²) in [6, 6.07) is 33.1. The highest BCUT2D eigenvalue weighted by atomic mass is 16.4. The highest BCUT2D eigenvalue weighted by molar-refractivity contribution is 5.92. The van der Waals surface area contributed by atoms with E-state index in [4.69, 9.17) is 0 Å². The van der Waals surface area contributed by atoms with Gasteiger partial charge in [0.25, 0.3) is 0 Å². The molecule has 0 unspecified atom stereocenters. The van der Waals surface area contributed by atoms with Crippen molar-refractivity contribution in [3.63, 3.8) is 0 Å². The van der Waals surface area contributed by atoms with Crippen molar-refractivity contribution in [2.75, 3.05) is 0 Å². The van der Waals surface area contributed by atoms with Gasteiger partial charge in [-0.15, -0.1) is 0 Å². The Morgan fingerprint density at radius 2 is 1.38 bits per heavy atom. The standard InChI is InChI=1S/C27H22O2/c28-27(29)19-26(25-17-16-22-8-4-5-9-24(22)18-25)15-12-20-10-13-23(14-11-20)21-6-2-1-3-7-21/h1-11,13-14,16-19H,12,15H2,(H,28,29)/b26-19+. The summed E-state index contributed by atoms with van der Waals surface area (Å²) < 4.78 is 0. The minimum atomic E-state index is -0.910. The molecule has 0 radical (unpaired) electrons. The van der Waals surface area contributed by atoms with Crippen molar-refractivity contribution in [2.45, 2.75) is 12.8 Å². The van der Waals surface area contributed by atoms with Crippen molar-refractivity contribution < 1.29 is 9.90 Å². The number of fused-ring (bicyclic) bond motifs is 1. The fourth-order valence-corrected chi connectivity index (χ4v) is 3.61. The van der Waals surface area contributed by atoms with E-state index in [0.29, 0.717) is 6.42 Å². The molecule has 0 fully saturated rings. The van der Waals surface area contributed by atoms with E-state index in [-0.39, 0.29) is 0 Å². The van der Waals surface area contributed by atoms with Crippen LogP contribution in [0, 0.1) is 0 Å². The summed E-state index contributed by atoms with van der Waals surface area (Å²) in [5, 5.41) is 11.6. The van der Waals surface area contributed by atoms with E-state index in [9.17, 15) is 9.90 Å². The van der Waals surface area contributed by atoms with Gasteiger partial charge in [0.15, 0.2) is 0 Å². The number of carboxylic acid groups (broad SMARTS) is 1. The molecule has 0 aromatic heterocycles. The quantitative estimate of drug-likeness (QED) is 0.383. The van der Waals surface area contributed by atoms with Crippen molar-refractivity contribution in [1.82, 2.24) is 0 Å². The second kappa shape index (κ2) is 8.57. The molecule has 0 aliphatic rings. The molecule has 0 aliphatic carbocycles. The minimum absolute atomic E-state index is 0.676. The maximum atomic E-state index is 11.4. The second-order valence-electron chi connectivity index (χ2n) is 7.13. The first kappa shape index (κ1) is 18.7. The Kier molecular flexibility index (Phi) is 5.53. The third-order valence-electron chi connectivity index (χ3n) is 5.16. The van der Waals surface area contributed by atoms with Gasteiger partial charge in [0.2, 0.25) is 0 Å². The molecule has 0 aliphatic heterocycles. The summed E-state index contributed by atoms with van der Waals surface area (Å²) >= 11 is 0. The molecule has 4 rings (SSSR count). The summed E-state index contributed by atoms with van der Waals surface area (Å²) in [5.41, 5.74) is 5.39. The van der Waals surface area contributed by atoms with Crippen molar-refractivity contribution >= 4 is 22.3 Å². The number of allylic oxidation sites excluding steroid dienone is 1. The molecular formula is C27H22O2. The Hall–Kier alpha value is -3.65. The summed E-state index contributed by atoms with van der Waals surface area (Å²) in [6.07, 6.45) is 2.80. The van der Waals surface area contributed by atoms with E-state index in [0.717, 1.165) is 28.3 Å². The highest BCUT2D eigenvalue weighted by Crippen LogP contribution is 2.26. The van der Waals surface area contributed by atoms with Crippen LogP contribution in [-0.4, -0.2) is 11.1 Å². The first-order valence-electron chi connectivity index (χ1n) is 9.76. The van der Waals surface area contributed by atoms with Crippen LogP contribution in [0.5, 0.6) is 0 Å². The van der Waals surface area contributed by atoms with E-state index < -0.39 is 5.97 Å². The highest BCUT2D eigenvalue weighted by Gasteiger charge is 2.07. The molecule has 0 atom stereocenters. The maximum absolute atomic E-state index is 11.4. The monoisotopic (exact) mass is 378 g/mol. The second-order valence-corrected chi connectivity index (χ2v) is 7.13. The number of carboxylic acids is 1. The lowest BCUT2D eigenvalue weighted by Crippen LogP contribution is -1.95. The van der Waals surface area contributed by atoms with Gasteiger partial charge >= 0.3 is 5.97 Å². The summed E-state index contributed by atoms with van der Waals surface area (Å²) in [6.45, 7) is 0. The molecule has 0 saturated carbocycles. The number of hydrogen-bond acceptors (Lipinski definition) is 1. The van der Waals surface area contributed by atoms with Gasteiger partial charge in [-0.3, -0.25) is 0 Å². The number of rotatable bonds is 6. The van der Waals surface area contributed by atoms with Crippen LogP contribution in [-0.2, 0) is 11.2 Å². The molecule has 1 N–H and O–H groups in total. The molecule has 0 amide bonds. The van der Waals surface area contributed by atoms with Crippen LogP contribution in [0.4, 0.5) is 0 Å². The third kappa shape index (κ3) is 4.61. The van der Waals surface area contributed by atoms with Crippen LogP contribution in [0.1, 0.15) is 17.5 Å². The molecule has 29 heavy (non-hydrogen) atoms. The molecule has 0 bridgehead atoms. The lowest BCUT2D eigenvalue weighted by molar-refractivity contribution is -0.131. The van der Waals surface area contributed by atoms with Crippen molar-refractivity contribution in [2.24, 2.45) is 0 Å². The topological polar surface area (TPSA) is 37.3 Å². The number of aliphatic carboxylic acids is 1. The smallest absolute Gasteiger partial charge is 0.328 e. The third-order valence-corrected chi connectivity index (χ3v) is 5.16. The molecule has 4 aromatic rings. The van der Waals surface area contributed by atoms with E-state index in [1.54, 1.807) is 0 Å². The first-order chi connectivity index (χ1) is 14.2. The SMILES string of the molecule is O=C(O)/C=C(\CCc1ccc(-c2ccccc2)cc1)c1ccc2ccccc2c1. The lowest BCUT2D eigenvalue weighted by Gasteiger charge is -2.10. The van der Waals surface area contributed by atoms with E-state index in [1.807, 2.05) is 36.4 Å². The molecular weight excluding hydrogens is 356 g/mol. The molecule has 0 heterocycles. The molecule has 4 aromatic carbocycles. The average Bonchev–Trinajstić information content (AvgIpc) is 2.77. The predicted octanol–water partition coefficient (Wildman–Crippen LogP) is 6.61. The van der Waals surface area contributed by atoms with Gasteiger partial charge in [0.1, 0.15) is 0 Å². The zero-order chi connectivity index (χ0) is 20.1. The van der Waals surface area contributed by atoms with Crippen molar-refractivity contribution in [1.29, 1.82) is 0 Å². The number of carbonyl (C=O) groups is 1. The van der Waals surface area contributed by atoms with Gasteiger partial charge in [0.05, 0.1) is 0 Å². The Labute approximate surface area is 170 Å². The van der Waals surface area contributed by atoms with E-state index in [1.165, 1.54) is 22.8 Å². The van der Waals surface area contributed by atoms with Gasteiger partial charge in [-0.05, 0) is 57.5 Å². The zero-order valence-electron chi connectivity index (χ0n) is 16.1. The van der Waals surface area contributed by atoms with E-state index >= 15 is 0 Å². The fourth-order valence-electron chi connectivity index (χ4n) is 3.61. The van der Waals surface area contributed by atoms with Crippen LogP contribution in [0.25, 0.3) is 27.5 Å². The molecule has 142 valence electrons. The predicted molar refractivity (Wildman–Crippen MR) is 120 cm³/mol. The molecule has 2 heteroatoms. The van der Waals surface area contributed by atoms with Gasteiger partial charge < -0.3 is 5.11 Å². The van der Waals surface area contributed by atoms with Gasteiger partial charge in [-0.2, -0.15) is 0 Å². The summed E-state index contributed by atoms with van der Waals surface area (Å²) in [4.78, 5) is 11.4. The fraction of sp³-hybridized carbons (Fsp3) is 0.0741. The number of hydrogen-bond donors (Lipinski definition) is 1. The molecule has 0 saturated heterocycles. The summed E-state index contributed by atoms with van der Waals surface area (Å²) in [5.74, 6) is -0.910. The lowest BCUT2D eigenvalue weighted by atomic mass is 9.95. The molecule has 2 nitrogen and oxygen atoms in total. The zero-order valence-corrected chi connectivity index (χ0v) is 16.1. The van der Waals surface area contributed by atoms with Crippen molar-refractivity contribution in [3.05, 3.63) is 114 Å². The largest absolute Gasteiger partial charge is 0.478 e. The Morgan fingerprint density at radius 1 is 0.724 bits per heavy atom. The number of aryl methyl sites for hydroxylation is 1. The summed E-state index contributed by atoms with van der Waals surface area (Å²) in [7, 11) is 0. The van der Waals surface area contributed by atoms with Crippen LogP contribution in [0.15, 0.2) is 103 Å². The number of benzene rings is 4. The minimum Gasteiger partial charge on any atom is -0.478 e. The average molecular weight is 378 g/mol. The Morgan fingerprint density at radius 3 is 2.10 bits per heavy atom. The Bertz CT molecular complexity index is 1160. The van der Waals surface area contributed by atoms with Crippen LogP contribution in [0.2, 0.25) is 0 Å². The first-order valence-corrected chi connectivity index (χ1v) is 9.76. The van der Waals surface area contributed by atoms with Gasteiger partial charge in [0, 0.05) is 6.08 Å². The van der Waals surface area contributed by atoms with E-state index in [2.05, 4.69) is 60.7 Å². The normalized spacial score (nSPS) is 11.5. The molecule has 0 spiro atoms. The van der Waals surface area contributed by atoms with Crippen LogP contribution < -0.4 is 0 Å². The van der Waals surface area contributed by atoms with Crippen LogP contribution in [0.3, 0.4) is 0 Å². The van der Waals surface area contributed by atoms with Crippen LogP contribution >= 0.6 is 0 Å². The van der Waals surface area contributed by atoms with Gasteiger partial charge in [-0.25, -0.2) is 4.79 Å².